The number of nitrogens with zero attached hydrogens (tertiary/aromatic N) is 4. The van der Waals surface area contributed by atoms with Crippen molar-refractivity contribution in [2.75, 3.05) is 90.6 Å². The highest BCUT2D eigenvalue weighted by atomic mass is 32.2. The summed E-state index contributed by atoms with van der Waals surface area (Å²) in [7, 11) is 5.31. The van der Waals surface area contributed by atoms with Crippen molar-refractivity contribution in [2.24, 2.45) is 5.73 Å². The number of rotatable bonds is 8. The van der Waals surface area contributed by atoms with Crippen LogP contribution in [0, 0.1) is 0 Å². The second-order valence-corrected chi connectivity index (χ2v) is 17.4. The number of ether oxygens (including phenoxy) is 2. The minimum absolute atomic E-state index is 0.180. The van der Waals surface area contributed by atoms with E-state index >= 15 is 0 Å². The molecule has 2 aromatic carbocycles. The summed E-state index contributed by atoms with van der Waals surface area (Å²) in [6.07, 6.45) is 0. The minimum atomic E-state index is -1.34. The molecular formula is C40H54N6O9S. The first-order valence-electron chi connectivity index (χ1n) is 18.6. The predicted octanol–water partition coefficient (Wildman–Crippen LogP) is 3.80. The fourth-order valence-electron chi connectivity index (χ4n) is 6.25. The summed E-state index contributed by atoms with van der Waals surface area (Å²) < 4.78 is 38.3. The van der Waals surface area contributed by atoms with E-state index in [9.17, 15) is 23.4 Å². The zero-order chi connectivity index (χ0) is 41.1. The average molecular weight is 795 g/mol. The normalized spacial score (nSPS) is 16.5. The van der Waals surface area contributed by atoms with Gasteiger partial charge in [-0.3, -0.25) is 19.2 Å². The summed E-state index contributed by atoms with van der Waals surface area (Å²) in [4.78, 5) is 57.6. The van der Waals surface area contributed by atoms with Gasteiger partial charge < -0.3 is 43.6 Å². The van der Waals surface area contributed by atoms with Crippen molar-refractivity contribution < 1.29 is 32.1 Å². The summed E-state index contributed by atoms with van der Waals surface area (Å²) in [5, 5.41) is 0.701. The predicted molar refractivity (Wildman–Crippen MR) is 219 cm³/mol. The van der Waals surface area contributed by atoms with E-state index in [0.717, 1.165) is 0 Å². The molecule has 0 aliphatic carbocycles. The van der Waals surface area contributed by atoms with Crippen LogP contribution in [-0.2, 0) is 20.5 Å². The molecule has 4 aromatic rings. The summed E-state index contributed by atoms with van der Waals surface area (Å²) in [5.41, 5.74) is 8.60. The molecule has 4 heterocycles. The van der Waals surface area contributed by atoms with Crippen LogP contribution in [0.1, 0.15) is 78.5 Å². The molecule has 2 aliphatic rings. The topological polar surface area (TPSA) is 181 Å². The lowest BCUT2D eigenvalue weighted by Gasteiger charge is -2.28. The van der Waals surface area contributed by atoms with Gasteiger partial charge in [0.05, 0.1) is 52.9 Å². The van der Waals surface area contributed by atoms with Crippen LogP contribution < -0.4 is 31.1 Å². The van der Waals surface area contributed by atoms with Gasteiger partial charge in [-0.2, -0.15) is 0 Å². The van der Waals surface area contributed by atoms with Gasteiger partial charge >= 0.3 is 0 Å². The van der Waals surface area contributed by atoms with E-state index < -0.39 is 21.8 Å². The van der Waals surface area contributed by atoms with Gasteiger partial charge in [-0.05, 0) is 58.9 Å². The number of nitrogens with one attached hydrogen (secondary N) is 1. The molecule has 3 unspecified atom stereocenters. The smallest absolute Gasteiger partial charge is 0.253 e. The molecule has 304 valence electrons. The summed E-state index contributed by atoms with van der Waals surface area (Å²) in [6.45, 7) is 14.2. The molecule has 2 aromatic heterocycles. The Labute approximate surface area is 329 Å². The molecule has 6 rings (SSSR count). The van der Waals surface area contributed by atoms with Crippen LogP contribution in [0.5, 0.6) is 0 Å². The highest BCUT2D eigenvalue weighted by Crippen LogP contribution is 2.31. The number of hydrogen-bond acceptors (Lipinski definition) is 12. The first-order valence-corrected chi connectivity index (χ1v) is 19.8. The molecule has 2 fully saturated rings. The van der Waals surface area contributed by atoms with E-state index in [1.54, 1.807) is 59.4 Å². The zero-order valence-electron chi connectivity index (χ0n) is 33.7. The molecule has 0 saturated carbocycles. The molecular weight excluding hydrogens is 741 g/mol. The van der Waals surface area contributed by atoms with Gasteiger partial charge in [0.2, 0.25) is 0 Å². The fraction of sp³-hybridized carbons (Fsp3) is 0.500. The molecule has 2 aliphatic heterocycles. The van der Waals surface area contributed by atoms with Crippen molar-refractivity contribution in [3.05, 3.63) is 79.1 Å². The number of morpholine rings is 2. The number of carbonyl (C=O) groups excluding carboxylic acids is 2. The summed E-state index contributed by atoms with van der Waals surface area (Å²) >= 11 is 0. The quantitative estimate of drug-likeness (QED) is 0.264. The second kappa shape index (κ2) is 17.7. The first-order chi connectivity index (χ1) is 26.4. The van der Waals surface area contributed by atoms with Gasteiger partial charge in [0.1, 0.15) is 11.2 Å². The van der Waals surface area contributed by atoms with Crippen LogP contribution in [0.4, 0.5) is 11.8 Å². The summed E-state index contributed by atoms with van der Waals surface area (Å²) in [5.74, 6) is 0.580. The lowest BCUT2D eigenvalue weighted by atomic mass is 10.0. The summed E-state index contributed by atoms with van der Waals surface area (Å²) in [6, 6.07) is 8.73. The molecule has 56 heavy (non-hydrogen) atoms. The maximum atomic E-state index is 13.0. The molecule has 0 radical (unpaired) electrons. The Balaban J connectivity index is 0.000000219. The van der Waals surface area contributed by atoms with Crippen molar-refractivity contribution in [1.82, 2.24) is 14.5 Å². The highest BCUT2D eigenvalue weighted by Gasteiger charge is 2.26. The van der Waals surface area contributed by atoms with Crippen LogP contribution in [0.3, 0.4) is 0 Å². The second-order valence-electron chi connectivity index (χ2n) is 15.4. The number of amides is 2. The van der Waals surface area contributed by atoms with Gasteiger partial charge in [-0.1, -0.05) is 0 Å². The van der Waals surface area contributed by atoms with E-state index in [0.29, 0.717) is 109 Å². The monoisotopic (exact) mass is 794 g/mol. The lowest BCUT2D eigenvalue weighted by molar-refractivity contribution is 0.0820. The highest BCUT2D eigenvalue weighted by molar-refractivity contribution is 7.84. The maximum Gasteiger partial charge on any atom is 0.253 e. The van der Waals surface area contributed by atoms with E-state index in [-0.39, 0.29) is 28.7 Å². The van der Waals surface area contributed by atoms with E-state index in [1.165, 1.54) is 21.9 Å². The third-order valence-electron chi connectivity index (χ3n) is 9.44. The van der Waals surface area contributed by atoms with Crippen molar-refractivity contribution in [1.29, 1.82) is 0 Å². The zero-order valence-corrected chi connectivity index (χ0v) is 34.5. The van der Waals surface area contributed by atoms with Crippen molar-refractivity contribution in [3.63, 3.8) is 0 Å². The van der Waals surface area contributed by atoms with Crippen LogP contribution >= 0.6 is 0 Å². The Morgan fingerprint density at radius 1 is 0.714 bits per heavy atom. The Hall–Kier alpha value is -4.61. The largest absolute Gasteiger partial charge is 0.440 e. The van der Waals surface area contributed by atoms with Gasteiger partial charge in [0.25, 0.3) is 11.8 Å². The SMILES string of the molecule is CC(N)c1cc(C(=O)N(C)C)cc2c(=O)cc(N3CCOCC3)oc12.CC(NS(=O)C(C)(C)C)c1cc(C(=O)N(C)C)cc2c(=O)cc(N3CCOCC3)oc12. The maximum absolute atomic E-state index is 13.0. The van der Waals surface area contributed by atoms with Crippen LogP contribution in [0.15, 0.2) is 54.8 Å². The molecule has 0 bridgehead atoms. The molecule has 0 spiro atoms. The van der Waals surface area contributed by atoms with Gasteiger partial charge in [-0.15, -0.1) is 0 Å². The number of nitrogens with two attached hydrogens (primary N) is 1. The Bertz CT molecular complexity index is 2210. The number of carbonyl (C=O) groups is 2. The van der Waals surface area contributed by atoms with Gasteiger partial charge in [-0.25, -0.2) is 8.93 Å². The third kappa shape index (κ3) is 9.66. The molecule has 2 amide bonds. The lowest BCUT2D eigenvalue weighted by Crippen LogP contribution is -2.36. The van der Waals surface area contributed by atoms with Crippen LogP contribution in [0.25, 0.3) is 21.9 Å². The number of anilines is 2. The van der Waals surface area contributed by atoms with Gasteiger partial charge in [0.15, 0.2) is 22.6 Å². The molecule has 15 nitrogen and oxygen atoms in total. The molecule has 3 atom stereocenters. The third-order valence-corrected chi connectivity index (χ3v) is 11.1. The van der Waals surface area contributed by atoms with E-state index in [4.69, 9.17) is 24.0 Å². The van der Waals surface area contributed by atoms with Crippen molar-refractivity contribution in [3.8, 4) is 0 Å². The molecule has 2 saturated heterocycles. The standard InChI is InChI=1S/C22H31N3O5S.C18H23N3O4/c1-14(23-31(28)22(2,3)4)16-11-15(21(27)24(5)6)12-17-18(26)13-19(30-20(16)17)25-7-9-29-10-8-25;1-11(19)13-8-12(18(23)20(2)3)9-14-15(22)10-16(25-17(13)14)21-4-6-24-7-5-21/h11-14,23H,7-10H2,1-6H3;8-11H,4-7,19H2,1-3H3. The van der Waals surface area contributed by atoms with Crippen molar-refractivity contribution >= 4 is 56.5 Å². The molecule has 3 N–H and O–H groups in total. The van der Waals surface area contributed by atoms with Gasteiger partial charge in [0, 0.05) is 101 Å². The first kappa shape index (κ1) is 42.5. The number of hydrogen-bond donors (Lipinski definition) is 2. The average Bonchev–Trinajstić information content (AvgIpc) is 3.16. The Kier molecular flexibility index (Phi) is 13.4. The fourth-order valence-corrected chi connectivity index (χ4v) is 7.05. The van der Waals surface area contributed by atoms with Crippen molar-refractivity contribution in [2.45, 2.75) is 51.4 Å². The Morgan fingerprint density at radius 3 is 1.48 bits per heavy atom. The Morgan fingerprint density at radius 2 is 1.11 bits per heavy atom. The van der Waals surface area contributed by atoms with Crippen LogP contribution in [-0.4, -0.2) is 111 Å². The molecule has 16 heteroatoms. The van der Waals surface area contributed by atoms with E-state index in [2.05, 4.69) is 4.72 Å². The number of benzene rings is 2. The van der Waals surface area contributed by atoms with Crippen LogP contribution in [0.2, 0.25) is 0 Å². The minimum Gasteiger partial charge on any atom is -0.440 e. The van der Waals surface area contributed by atoms with E-state index in [1.807, 2.05) is 37.5 Å². The number of fused-ring (bicyclic) bond motifs is 2.